The number of carbonyl (C=O) groups excluding carboxylic acids is 1. The predicted molar refractivity (Wildman–Crippen MR) is 118 cm³/mol. The van der Waals surface area contributed by atoms with Crippen LogP contribution in [0.15, 0.2) is 72.5 Å². The fraction of sp³-hybridized carbons (Fsp3) is 0.250. The Morgan fingerprint density at radius 3 is 2.90 bits per heavy atom. The number of esters is 1. The van der Waals surface area contributed by atoms with Crippen molar-refractivity contribution in [3.05, 3.63) is 78.0 Å². The molecule has 2 aromatic carbocycles. The molecule has 154 valence electrons. The van der Waals surface area contributed by atoms with Crippen LogP contribution in [0.5, 0.6) is 5.75 Å². The van der Waals surface area contributed by atoms with Crippen LogP contribution in [0.4, 0.5) is 5.95 Å². The normalized spacial score (nSPS) is 15.5. The third-order valence-electron chi connectivity index (χ3n) is 5.03. The average Bonchev–Trinajstić information content (AvgIpc) is 3.13. The molecule has 0 saturated carbocycles. The second-order valence-electron chi connectivity index (χ2n) is 7.17. The highest BCUT2D eigenvalue weighted by atomic mass is 16.5. The second kappa shape index (κ2) is 8.45. The summed E-state index contributed by atoms with van der Waals surface area (Å²) in [6.45, 7) is 8.37. The van der Waals surface area contributed by atoms with Crippen LogP contribution >= 0.6 is 0 Å². The first kappa shape index (κ1) is 19.8. The lowest BCUT2D eigenvalue weighted by Crippen LogP contribution is -2.29. The monoisotopic (exact) mass is 403 g/mol. The van der Waals surface area contributed by atoms with E-state index in [1.165, 1.54) is 0 Å². The van der Waals surface area contributed by atoms with Crippen molar-refractivity contribution in [2.45, 2.75) is 26.3 Å². The molecule has 0 aliphatic carbocycles. The molecule has 0 bridgehead atoms. The lowest BCUT2D eigenvalue weighted by molar-refractivity contribution is -0.138. The van der Waals surface area contributed by atoms with Gasteiger partial charge in [0.2, 0.25) is 5.95 Å². The summed E-state index contributed by atoms with van der Waals surface area (Å²) in [7, 11) is 0. The smallest absolute Gasteiger partial charge is 0.338 e. The molecule has 1 unspecified atom stereocenters. The number of aromatic nitrogens is 2. The third-order valence-corrected chi connectivity index (χ3v) is 5.03. The Bertz CT molecular complexity index is 1130. The van der Waals surface area contributed by atoms with Crippen molar-refractivity contribution < 1.29 is 14.3 Å². The van der Waals surface area contributed by atoms with Crippen LogP contribution in [0, 0.1) is 0 Å². The lowest BCUT2D eigenvalue weighted by Gasteiger charge is -2.30. The minimum absolute atomic E-state index is 0.152. The van der Waals surface area contributed by atoms with E-state index in [0.717, 1.165) is 34.5 Å². The Kier molecular flexibility index (Phi) is 5.57. The van der Waals surface area contributed by atoms with Gasteiger partial charge in [0, 0.05) is 5.70 Å². The van der Waals surface area contributed by atoms with Crippen LogP contribution in [-0.4, -0.2) is 28.7 Å². The molecule has 1 aliphatic rings. The number of hydrogen-bond acceptors (Lipinski definition) is 5. The van der Waals surface area contributed by atoms with Crippen LogP contribution in [0.3, 0.4) is 0 Å². The molecule has 0 fully saturated rings. The van der Waals surface area contributed by atoms with E-state index < -0.39 is 6.04 Å². The largest absolute Gasteiger partial charge is 0.494 e. The van der Waals surface area contributed by atoms with Gasteiger partial charge in [0.15, 0.2) is 0 Å². The highest BCUT2D eigenvalue weighted by Gasteiger charge is 2.35. The number of hydrogen-bond donors (Lipinski definition) is 1. The van der Waals surface area contributed by atoms with Crippen molar-refractivity contribution in [3.8, 4) is 5.75 Å². The first-order valence-corrected chi connectivity index (χ1v) is 10.1. The number of allylic oxidation sites excluding steroid dienone is 1. The first-order valence-electron chi connectivity index (χ1n) is 10.1. The zero-order chi connectivity index (χ0) is 21.1. The number of imidazole rings is 1. The molecule has 3 aromatic rings. The molecule has 30 heavy (non-hydrogen) atoms. The molecular formula is C24H25N3O3. The molecule has 1 aromatic heterocycles. The summed E-state index contributed by atoms with van der Waals surface area (Å²) in [5.74, 6) is 1.09. The van der Waals surface area contributed by atoms with E-state index in [4.69, 9.17) is 14.5 Å². The molecule has 0 amide bonds. The van der Waals surface area contributed by atoms with Gasteiger partial charge in [-0.3, -0.25) is 4.57 Å². The van der Waals surface area contributed by atoms with Crippen molar-refractivity contribution in [1.29, 1.82) is 0 Å². The quantitative estimate of drug-likeness (QED) is 0.452. The summed E-state index contributed by atoms with van der Waals surface area (Å²) >= 11 is 0. The average molecular weight is 403 g/mol. The van der Waals surface area contributed by atoms with Crippen LogP contribution < -0.4 is 10.1 Å². The van der Waals surface area contributed by atoms with Crippen LogP contribution in [0.25, 0.3) is 11.0 Å². The van der Waals surface area contributed by atoms with E-state index >= 15 is 0 Å². The summed E-state index contributed by atoms with van der Waals surface area (Å²) < 4.78 is 13.3. The number of ether oxygens (including phenoxy) is 2. The SMILES string of the molecule is C=CCOC(=O)C1=C(C)Nc2nc3ccccc3n2C1c1cccc(OCCC)c1. The fourth-order valence-corrected chi connectivity index (χ4v) is 3.75. The summed E-state index contributed by atoms with van der Waals surface area (Å²) in [6, 6.07) is 15.4. The van der Waals surface area contributed by atoms with Gasteiger partial charge in [-0.05, 0) is 43.2 Å². The Balaban J connectivity index is 1.88. The van der Waals surface area contributed by atoms with Gasteiger partial charge in [0.1, 0.15) is 12.4 Å². The molecule has 0 saturated heterocycles. The van der Waals surface area contributed by atoms with E-state index in [1.54, 1.807) is 6.08 Å². The molecule has 0 spiro atoms. The zero-order valence-corrected chi connectivity index (χ0v) is 17.2. The molecular weight excluding hydrogens is 378 g/mol. The zero-order valence-electron chi connectivity index (χ0n) is 17.2. The van der Waals surface area contributed by atoms with E-state index in [0.29, 0.717) is 18.1 Å². The summed E-state index contributed by atoms with van der Waals surface area (Å²) in [5, 5.41) is 3.28. The number of nitrogens with one attached hydrogen (secondary N) is 1. The van der Waals surface area contributed by atoms with Gasteiger partial charge in [-0.1, -0.05) is 43.8 Å². The number of anilines is 1. The number of carbonyl (C=O) groups is 1. The maximum Gasteiger partial charge on any atom is 0.338 e. The number of benzene rings is 2. The summed E-state index contributed by atoms with van der Waals surface area (Å²) in [6.07, 6.45) is 2.49. The van der Waals surface area contributed by atoms with E-state index in [1.807, 2.05) is 60.0 Å². The van der Waals surface area contributed by atoms with Gasteiger partial charge in [0.05, 0.1) is 29.3 Å². The molecule has 0 radical (unpaired) electrons. The molecule has 6 nitrogen and oxygen atoms in total. The molecule has 1 aliphatic heterocycles. The minimum atomic E-state index is -0.392. The van der Waals surface area contributed by atoms with Gasteiger partial charge in [-0.15, -0.1) is 0 Å². The van der Waals surface area contributed by atoms with Crippen LogP contribution in [-0.2, 0) is 9.53 Å². The molecule has 1 N–H and O–H groups in total. The van der Waals surface area contributed by atoms with Gasteiger partial charge in [-0.25, -0.2) is 9.78 Å². The van der Waals surface area contributed by atoms with E-state index in [2.05, 4.69) is 18.8 Å². The summed E-state index contributed by atoms with van der Waals surface area (Å²) in [4.78, 5) is 17.8. The first-order chi connectivity index (χ1) is 14.6. The minimum Gasteiger partial charge on any atom is -0.494 e. The maximum absolute atomic E-state index is 13.0. The predicted octanol–water partition coefficient (Wildman–Crippen LogP) is 4.84. The third kappa shape index (κ3) is 3.56. The van der Waals surface area contributed by atoms with Crippen molar-refractivity contribution in [3.63, 3.8) is 0 Å². The fourth-order valence-electron chi connectivity index (χ4n) is 3.75. The maximum atomic E-state index is 13.0. The van der Waals surface area contributed by atoms with E-state index in [-0.39, 0.29) is 12.6 Å². The van der Waals surface area contributed by atoms with E-state index in [9.17, 15) is 4.79 Å². The Morgan fingerprint density at radius 1 is 1.27 bits per heavy atom. The van der Waals surface area contributed by atoms with Crippen molar-refractivity contribution in [1.82, 2.24) is 9.55 Å². The van der Waals surface area contributed by atoms with Crippen molar-refractivity contribution >= 4 is 23.0 Å². The Hall–Kier alpha value is -3.54. The molecule has 2 heterocycles. The Morgan fingerprint density at radius 2 is 2.10 bits per heavy atom. The van der Waals surface area contributed by atoms with Crippen molar-refractivity contribution in [2.75, 3.05) is 18.5 Å². The highest BCUT2D eigenvalue weighted by Crippen LogP contribution is 2.40. The number of nitrogens with zero attached hydrogens (tertiary/aromatic N) is 2. The van der Waals surface area contributed by atoms with Gasteiger partial charge in [-0.2, -0.15) is 0 Å². The topological polar surface area (TPSA) is 65.4 Å². The number of para-hydroxylation sites is 2. The summed E-state index contributed by atoms with van der Waals surface area (Å²) in [5.41, 5.74) is 3.99. The number of fused-ring (bicyclic) bond motifs is 3. The second-order valence-corrected chi connectivity index (χ2v) is 7.17. The van der Waals surface area contributed by atoms with Gasteiger partial charge in [0.25, 0.3) is 0 Å². The number of rotatable bonds is 7. The lowest BCUT2D eigenvalue weighted by atomic mass is 9.95. The van der Waals surface area contributed by atoms with Gasteiger partial charge < -0.3 is 14.8 Å². The highest BCUT2D eigenvalue weighted by molar-refractivity contribution is 5.94. The molecule has 1 atom stereocenters. The van der Waals surface area contributed by atoms with Gasteiger partial charge >= 0.3 is 5.97 Å². The Labute approximate surface area is 175 Å². The standard InChI is InChI=1S/C24H25N3O3/c1-4-13-29-18-10-8-9-17(15-18)22-21(23(28)30-14-5-2)16(3)25-24-26-19-11-6-7-12-20(19)27(22)24/h5-12,15,22H,2,4,13-14H2,1,3H3,(H,25,26). The van der Waals surface area contributed by atoms with Crippen molar-refractivity contribution in [2.24, 2.45) is 0 Å². The van der Waals surface area contributed by atoms with Crippen LogP contribution in [0.2, 0.25) is 0 Å². The van der Waals surface area contributed by atoms with Crippen LogP contribution in [0.1, 0.15) is 31.9 Å². The molecule has 4 rings (SSSR count). The molecule has 6 heteroatoms.